The summed E-state index contributed by atoms with van der Waals surface area (Å²) in [5.41, 5.74) is 1.40. The van der Waals surface area contributed by atoms with Crippen molar-refractivity contribution in [2.24, 2.45) is 5.92 Å². The Hall–Kier alpha value is -2.37. The van der Waals surface area contributed by atoms with E-state index in [0.29, 0.717) is 12.0 Å². The number of benzene rings is 1. The number of carbonyl (C=O) groups excluding carboxylic acids is 3. The maximum Gasteiger partial charge on any atom is 0.307 e. The minimum absolute atomic E-state index is 0.0857. The lowest BCUT2D eigenvalue weighted by molar-refractivity contribution is -0.141. The van der Waals surface area contributed by atoms with Crippen molar-refractivity contribution in [3.8, 4) is 0 Å². The molecule has 0 aromatic heterocycles. The summed E-state index contributed by atoms with van der Waals surface area (Å²) in [6.45, 7) is 7.55. The summed E-state index contributed by atoms with van der Waals surface area (Å²) >= 11 is 0. The van der Waals surface area contributed by atoms with Gasteiger partial charge in [0.25, 0.3) is 5.91 Å². The fourth-order valence-electron chi connectivity index (χ4n) is 2.49. The number of rotatable bonds is 8. The SMILES string of the molecule is COC(=O)CC(C)NC(=O)C(CC(C)C)NC(=O)c1ccccc1C. The molecule has 0 radical (unpaired) electrons. The monoisotopic (exact) mass is 348 g/mol. The molecule has 0 aliphatic heterocycles. The fourth-order valence-corrected chi connectivity index (χ4v) is 2.49. The third-order valence-corrected chi connectivity index (χ3v) is 3.81. The predicted molar refractivity (Wildman–Crippen MR) is 96.1 cm³/mol. The number of hydrogen-bond acceptors (Lipinski definition) is 4. The largest absolute Gasteiger partial charge is 0.469 e. The molecular formula is C19H28N2O4. The Morgan fingerprint density at radius 1 is 1.08 bits per heavy atom. The molecule has 1 aromatic carbocycles. The van der Waals surface area contributed by atoms with Crippen molar-refractivity contribution in [2.45, 2.75) is 52.6 Å². The van der Waals surface area contributed by atoms with E-state index in [4.69, 9.17) is 0 Å². The molecule has 2 atom stereocenters. The Kier molecular flexibility index (Phi) is 8.11. The van der Waals surface area contributed by atoms with E-state index in [1.165, 1.54) is 7.11 Å². The predicted octanol–water partition coefficient (Wildman–Crippen LogP) is 2.21. The Balaban J connectivity index is 2.79. The van der Waals surface area contributed by atoms with Crippen LogP contribution in [0, 0.1) is 12.8 Å². The summed E-state index contributed by atoms with van der Waals surface area (Å²) in [7, 11) is 1.31. The topological polar surface area (TPSA) is 84.5 Å². The summed E-state index contributed by atoms with van der Waals surface area (Å²) in [5.74, 6) is -0.743. The molecular weight excluding hydrogens is 320 g/mol. The third kappa shape index (κ3) is 6.95. The molecule has 0 spiro atoms. The maximum absolute atomic E-state index is 12.5. The molecule has 2 unspecified atom stereocenters. The van der Waals surface area contributed by atoms with E-state index in [1.54, 1.807) is 19.1 Å². The van der Waals surface area contributed by atoms with Crippen LogP contribution in [0.3, 0.4) is 0 Å². The van der Waals surface area contributed by atoms with E-state index < -0.39 is 12.0 Å². The standard InChI is InChI=1S/C19H28N2O4/c1-12(2)10-16(19(24)20-14(4)11-17(22)25-5)21-18(23)15-9-7-6-8-13(15)3/h6-9,12,14,16H,10-11H2,1-5H3,(H,20,24)(H,21,23). The number of amides is 2. The van der Waals surface area contributed by atoms with E-state index in [-0.39, 0.29) is 30.2 Å². The highest BCUT2D eigenvalue weighted by Crippen LogP contribution is 2.10. The molecule has 2 amide bonds. The molecule has 1 aromatic rings. The van der Waals surface area contributed by atoms with Gasteiger partial charge in [-0.1, -0.05) is 32.0 Å². The van der Waals surface area contributed by atoms with Gasteiger partial charge in [-0.15, -0.1) is 0 Å². The normalized spacial score (nSPS) is 13.0. The number of esters is 1. The van der Waals surface area contributed by atoms with Gasteiger partial charge in [0.05, 0.1) is 13.5 Å². The minimum Gasteiger partial charge on any atom is -0.469 e. The highest BCUT2D eigenvalue weighted by Gasteiger charge is 2.24. The van der Waals surface area contributed by atoms with E-state index >= 15 is 0 Å². The molecule has 0 heterocycles. The average Bonchev–Trinajstić information content (AvgIpc) is 2.53. The van der Waals surface area contributed by atoms with Crippen molar-refractivity contribution >= 4 is 17.8 Å². The van der Waals surface area contributed by atoms with E-state index in [2.05, 4.69) is 15.4 Å². The lowest BCUT2D eigenvalue weighted by atomic mass is 10.0. The summed E-state index contributed by atoms with van der Waals surface area (Å²) in [5, 5.41) is 5.58. The first kappa shape index (κ1) is 20.7. The van der Waals surface area contributed by atoms with Gasteiger partial charge in [-0.3, -0.25) is 14.4 Å². The molecule has 0 saturated carbocycles. The van der Waals surface area contributed by atoms with Gasteiger partial charge in [0.2, 0.25) is 5.91 Å². The van der Waals surface area contributed by atoms with Crippen molar-refractivity contribution < 1.29 is 19.1 Å². The van der Waals surface area contributed by atoms with Gasteiger partial charge >= 0.3 is 5.97 Å². The average molecular weight is 348 g/mol. The van der Waals surface area contributed by atoms with Gasteiger partial charge in [-0.25, -0.2) is 0 Å². The first-order valence-electron chi connectivity index (χ1n) is 8.48. The van der Waals surface area contributed by atoms with Crippen LogP contribution in [0.4, 0.5) is 0 Å². The molecule has 0 saturated heterocycles. The molecule has 6 nitrogen and oxygen atoms in total. The maximum atomic E-state index is 12.5. The molecule has 138 valence electrons. The highest BCUT2D eigenvalue weighted by molar-refractivity contribution is 5.98. The molecule has 0 bridgehead atoms. The zero-order chi connectivity index (χ0) is 19.0. The van der Waals surface area contributed by atoms with Crippen molar-refractivity contribution in [3.63, 3.8) is 0 Å². The number of ether oxygens (including phenoxy) is 1. The second kappa shape index (κ2) is 9.81. The Bertz CT molecular complexity index is 613. The summed E-state index contributed by atoms with van der Waals surface area (Å²) in [6, 6.07) is 6.20. The lowest BCUT2D eigenvalue weighted by Crippen LogP contribution is -2.50. The van der Waals surface area contributed by atoms with Gasteiger partial charge in [-0.2, -0.15) is 0 Å². The van der Waals surface area contributed by atoms with Crippen LogP contribution in [0.2, 0.25) is 0 Å². The number of methoxy groups -OCH3 is 1. The summed E-state index contributed by atoms with van der Waals surface area (Å²) in [4.78, 5) is 36.3. The number of aryl methyl sites for hydroxylation is 1. The zero-order valence-corrected chi connectivity index (χ0v) is 15.6. The summed E-state index contributed by atoms with van der Waals surface area (Å²) < 4.78 is 4.60. The minimum atomic E-state index is -0.660. The van der Waals surface area contributed by atoms with E-state index in [1.807, 2.05) is 32.9 Å². The molecule has 0 aliphatic rings. The van der Waals surface area contributed by atoms with Crippen LogP contribution < -0.4 is 10.6 Å². The van der Waals surface area contributed by atoms with Crippen molar-refractivity contribution in [3.05, 3.63) is 35.4 Å². The number of hydrogen-bond donors (Lipinski definition) is 2. The van der Waals surface area contributed by atoms with Crippen LogP contribution in [0.5, 0.6) is 0 Å². The fraction of sp³-hybridized carbons (Fsp3) is 0.526. The lowest BCUT2D eigenvalue weighted by Gasteiger charge is -2.22. The first-order chi connectivity index (χ1) is 11.7. The Morgan fingerprint density at radius 3 is 2.28 bits per heavy atom. The smallest absolute Gasteiger partial charge is 0.307 e. The highest BCUT2D eigenvalue weighted by atomic mass is 16.5. The quantitative estimate of drug-likeness (QED) is 0.706. The zero-order valence-electron chi connectivity index (χ0n) is 15.6. The second-order valence-electron chi connectivity index (χ2n) is 6.66. The Labute approximate surface area is 149 Å². The van der Waals surface area contributed by atoms with Gasteiger partial charge in [0.1, 0.15) is 6.04 Å². The van der Waals surface area contributed by atoms with Crippen LogP contribution >= 0.6 is 0 Å². The molecule has 1 rings (SSSR count). The van der Waals surface area contributed by atoms with Crippen LogP contribution in [0.1, 0.15) is 49.5 Å². The van der Waals surface area contributed by atoms with Gasteiger partial charge in [0.15, 0.2) is 0 Å². The molecule has 6 heteroatoms. The van der Waals surface area contributed by atoms with Gasteiger partial charge < -0.3 is 15.4 Å². The van der Waals surface area contributed by atoms with Gasteiger partial charge in [-0.05, 0) is 37.8 Å². The van der Waals surface area contributed by atoms with Crippen molar-refractivity contribution in [1.82, 2.24) is 10.6 Å². The molecule has 2 N–H and O–H groups in total. The van der Waals surface area contributed by atoms with E-state index in [9.17, 15) is 14.4 Å². The van der Waals surface area contributed by atoms with Crippen LogP contribution in [0.15, 0.2) is 24.3 Å². The second-order valence-corrected chi connectivity index (χ2v) is 6.66. The number of carbonyl (C=O) groups is 3. The third-order valence-electron chi connectivity index (χ3n) is 3.81. The van der Waals surface area contributed by atoms with Crippen molar-refractivity contribution in [2.75, 3.05) is 7.11 Å². The van der Waals surface area contributed by atoms with Crippen molar-refractivity contribution in [1.29, 1.82) is 0 Å². The van der Waals surface area contributed by atoms with Crippen LogP contribution in [-0.4, -0.2) is 37.0 Å². The summed E-state index contributed by atoms with van der Waals surface area (Å²) in [6.07, 6.45) is 0.594. The molecule has 0 aliphatic carbocycles. The number of nitrogens with one attached hydrogen (secondary N) is 2. The Morgan fingerprint density at radius 2 is 1.72 bits per heavy atom. The first-order valence-corrected chi connectivity index (χ1v) is 8.48. The van der Waals surface area contributed by atoms with E-state index in [0.717, 1.165) is 5.56 Å². The van der Waals surface area contributed by atoms with Crippen LogP contribution in [0.25, 0.3) is 0 Å². The molecule has 0 fully saturated rings. The van der Waals surface area contributed by atoms with Gasteiger partial charge in [0, 0.05) is 11.6 Å². The molecule has 25 heavy (non-hydrogen) atoms. The van der Waals surface area contributed by atoms with Crippen LogP contribution in [-0.2, 0) is 14.3 Å².